The molecule has 1 aliphatic rings. The average molecular weight is 512 g/mol. The monoisotopic (exact) mass is 511 g/mol. The second-order valence-corrected chi connectivity index (χ2v) is 9.05. The molecule has 0 bridgehead atoms. The van der Waals surface area contributed by atoms with Crippen LogP contribution < -0.4 is 5.32 Å². The van der Waals surface area contributed by atoms with Gasteiger partial charge in [-0.15, -0.1) is 10.2 Å². The fourth-order valence-corrected chi connectivity index (χ4v) is 4.90. The quantitative estimate of drug-likeness (QED) is 0.542. The van der Waals surface area contributed by atoms with Crippen LogP contribution in [0.3, 0.4) is 0 Å². The molecule has 1 aromatic heterocycles. The summed E-state index contributed by atoms with van der Waals surface area (Å²) in [5.74, 6) is -2.19. The maximum Gasteiger partial charge on any atom is 0.336 e. The van der Waals surface area contributed by atoms with E-state index >= 15 is 0 Å². The van der Waals surface area contributed by atoms with Gasteiger partial charge in [-0.05, 0) is 32.4 Å². The summed E-state index contributed by atoms with van der Waals surface area (Å²) in [6, 6.07) is 5.02. The van der Waals surface area contributed by atoms with Crippen molar-refractivity contribution in [3.8, 4) is 0 Å². The van der Waals surface area contributed by atoms with E-state index in [-0.39, 0.29) is 27.8 Å². The Kier molecular flexibility index (Phi) is 8.12. The van der Waals surface area contributed by atoms with Gasteiger partial charge in [0, 0.05) is 12.8 Å². The maximum atomic E-state index is 13.3. The van der Waals surface area contributed by atoms with E-state index in [1.165, 1.54) is 25.6 Å². The lowest BCUT2D eigenvalue weighted by atomic mass is 9.79. The number of ether oxygens (including phenoxy) is 3. The van der Waals surface area contributed by atoms with Crippen molar-refractivity contribution in [3.05, 3.63) is 66.4 Å². The van der Waals surface area contributed by atoms with E-state index in [4.69, 9.17) is 37.4 Å². The van der Waals surface area contributed by atoms with Gasteiger partial charge < -0.3 is 19.5 Å². The van der Waals surface area contributed by atoms with E-state index in [9.17, 15) is 9.59 Å². The minimum Gasteiger partial charge on any atom is -0.466 e. The molecule has 0 aliphatic carbocycles. The molecule has 0 saturated carbocycles. The Hall–Kier alpha value is -2.46. The summed E-state index contributed by atoms with van der Waals surface area (Å²) in [5.41, 5.74) is 1.64. The minimum absolute atomic E-state index is 0.122. The van der Waals surface area contributed by atoms with Gasteiger partial charge >= 0.3 is 11.9 Å². The van der Waals surface area contributed by atoms with Gasteiger partial charge in [0.15, 0.2) is 11.1 Å². The number of nitrogens with zero attached hydrogens (tertiary/aromatic N) is 2. The first-order valence-corrected chi connectivity index (χ1v) is 11.6. The summed E-state index contributed by atoms with van der Waals surface area (Å²) in [6.07, 6.45) is -0.773. The number of hydrogen-bond acceptors (Lipinski definition) is 9. The number of esters is 2. The van der Waals surface area contributed by atoms with Gasteiger partial charge in [0.1, 0.15) is 5.01 Å². The summed E-state index contributed by atoms with van der Waals surface area (Å²) in [5, 5.41) is 13.2. The molecule has 2 atom stereocenters. The van der Waals surface area contributed by atoms with Gasteiger partial charge in [0.05, 0.1) is 46.5 Å². The minimum atomic E-state index is -0.925. The zero-order chi connectivity index (χ0) is 24.3. The van der Waals surface area contributed by atoms with Crippen LogP contribution in [0.2, 0.25) is 10.0 Å². The van der Waals surface area contributed by atoms with Crippen molar-refractivity contribution in [2.75, 3.05) is 20.8 Å². The summed E-state index contributed by atoms with van der Waals surface area (Å²) >= 11 is 14.2. The van der Waals surface area contributed by atoms with E-state index in [0.29, 0.717) is 22.0 Å². The lowest BCUT2D eigenvalue weighted by Crippen LogP contribution is -2.35. The predicted octanol–water partition coefficient (Wildman–Crippen LogP) is 4.49. The number of allylic oxidation sites excluding steroid dienone is 1. The first-order valence-electron chi connectivity index (χ1n) is 9.99. The van der Waals surface area contributed by atoms with E-state index in [1.807, 2.05) is 6.92 Å². The van der Waals surface area contributed by atoms with Crippen molar-refractivity contribution >= 4 is 46.5 Å². The molecule has 0 spiro atoms. The molecule has 2 heterocycles. The van der Waals surface area contributed by atoms with Crippen LogP contribution in [0.4, 0.5) is 0 Å². The number of rotatable bonds is 7. The molecule has 3 rings (SSSR count). The first-order chi connectivity index (χ1) is 15.7. The second kappa shape index (κ2) is 10.6. The summed E-state index contributed by atoms with van der Waals surface area (Å²) < 4.78 is 16.2. The number of methoxy groups -OCH3 is 2. The van der Waals surface area contributed by atoms with Crippen molar-refractivity contribution in [2.24, 2.45) is 0 Å². The zero-order valence-electron chi connectivity index (χ0n) is 18.7. The van der Waals surface area contributed by atoms with Crippen LogP contribution in [0.25, 0.3) is 0 Å². The first kappa shape index (κ1) is 25.2. The number of aryl methyl sites for hydroxylation is 1. The lowest BCUT2D eigenvalue weighted by Gasteiger charge is -2.33. The van der Waals surface area contributed by atoms with Crippen molar-refractivity contribution < 1.29 is 23.8 Å². The summed E-state index contributed by atoms with van der Waals surface area (Å²) in [4.78, 5) is 26.2. The Balaban J connectivity index is 2.36. The number of carbonyl (C=O) groups is 2. The lowest BCUT2D eigenvalue weighted by molar-refractivity contribution is -0.139. The van der Waals surface area contributed by atoms with Crippen molar-refractivity contribution in [1.29, 1.82) is 0 Å². The fraction of sp³-hybridized carbons (Fsp3) is 0.364. The van der Waals surface area contributed by atoms with E-state index in [0.717, 1.165) is 5.01 Å². The van der Waals surface area contributed by atoms with Gasteiger partial charge in [-0.3, -0.25) is 0 Å². The molecule has 33 heavy (non-hydrogen) atoms. The summed E-state index contributed by atoms with van der Waals surface area (Å²) in [6.45, 7) is 5.34. The second-order valence-electron chi connectivity index (χ2n) is 7.05. The third kappa shape index (κ3) is 4.91. The Morgan fingerprint density at radius 2 is 1.88 bits per heavy atom. The molecule has 2 aromatic rings. The molecule has 0 radical (unpaired) electrons. The molecule has 176 valence electrons. The van der Waals surface area contributed by atoms with Gasteiger partial charge in [0.2, 0.25) is 0 Å². The highest BCUT2D eigenvalue weighted by molar-refractivity contribution is 7.11. The van der Waals surface area contributed by atoms with Crippen LogP contribution in [0, 0.1) is 6.92 Å². The largest absolute Gasteiger partial charge is 0.466 e. The molecular formula is C22H23Cl2N3O5S. The zero-order valence-corrected chi connectivity index (χ0v) is 21.0. The van der Waals surface area contributed by atoms with Crippen molar-refractivity contribution in [3.63, 3.8) is 0 Å². The molecule has 0 fully saturated rings. The Bertz CT molecular complexity index is 1140. The number of dihydropyridines is 1. The van der Waals surface area contributed by atoms with Crippen LogP contribution in [-0.4, -0.2) is 43.0 Å². The SMILES string of the molecule is CCOC(=O)C1=C(C(OC)c2nnc(C)s2)NC(C)=C(C(=O)OC)C1c1cccc(Cl)c1Cl. The number of nitrogens with one attached hydrogen (secondary N) is 1. The van der Waals surface area contributed by atoms with Crippen LogP contribution in [0.1, 0.15) is 41.4 Å². The standard InChI is InChI=1S/C22H23Cl2N3O5S/c1-6-32-22(29)16-15(12-8-7-9-13(23)17(12)24)14(21(28)31-5)10(2)25-18(16)19(30-4)20-27-26-11(3)33-20/h7-9,15,19,25H,6H2,1-5H3. The van der Waals surface area contributed by atoms with Crippen LogP contribution in [0.5, 0.6) is 0 Å². The number of halogens is 2. The molecule has 11 heteroatoms. The van der Waals surface area contributed by atoms with Crippen LogP contribution >= 0.6 is 34.5 Å². The van der Waals surface area contributed by atoms with Gasteiger partial charge in [-0.1, -0.05) is 46.7 Å². The summed E-state index contributed by atoms with van der Waals surface area (Å²) in [7, 11) is 2.76. The van der Waals surface area contributed by atoms with E-state index < -0.39 is 24.0 Å². The highest BCUT2D eigenvalue weighted by Gasteiger charge is 2.42. The van der Waals surface area contributed by atoms with Gasteiger partial charge in [-0.25, -0.2) is 9.59 Å². The van der Waals surface area contributed by atoms with Gasteiger partial charge in [-0.2, -0.15) is 0 Å². The fourth-order valence-electron chi connectivity index (χ4n) is 3.69. The average Bonchev–Trinajstić information content (AvgIpc) is 3.21. The van der Waals surface area contributed by atoms with E-state index in [2.05, 4.69) is 15.5 Å². The smallest absolute Gasteiger partial charge is 0.336 e. The predicted molar refractivity (Wildman–Crippen MR) is 125 cm³/mol. The molecule has 8 nitrogen and oxygen atoms in total. The third-order valence-electron chi connectivity index (χ3n) is 5.05. The normalized spacial score (nSPS) is 17.0. The number of aromatic nitrogens is 2. The van der Waals surface area contributed by atoms with Crippen molar-refractivity contribution in [1.82, 2.24) is 15.5 Å². The Morgan fingerprint density at radius 1 is 1.15 bits per heavy atom. The molecular weight excluding hydrogens is 489 g/mol. The van der Waals surface area contributed by atoms with Gasteiger partial charge in [0.25, 0.3) is 0 Å². The van der Waals surface area contributed by atoms with Crippen molar-refractivity contribution in [2.45, 2.75) is 32.8 Å². The molecule has 1 aromatic carbocycles. The maximum absolute atomic E-state index is 13.3. The molecule has 1 aliphatic heterocycles. The molecule has 1 N–H and O–H groups in total. The number of benzene rings is 1. The number of carbonyl (C=O) groups excluding carboxylic acids is 2. The van der Waals surface area contributed by atoms with Crippen LogP contribution in [0.15, 0.2) is 40.7 Å². The Morgan fingerprint density at radius 3 is 2.45 bits per heavy atom. The number of hydrogen-bond donors (Lipinski definition) is 1. The molecule has 0 amide bonds. The third-order valence-corrected chi connectivity index (χ3v) is 6.77. The highest BCUT2D eigenvalue weighted by atomic mass is 35.5. The topological polar surface area (TPSA) is 99.6 Å². The van der Waals surface area contributed by atoms with E-state index in [1.54, 1.807) is 32.0 Å². The molecule has 2 unspecified atom stereocenters. The highest BCUT2D eigenvalue weighted by Crippen LogP contribution is 2.46. The van der Waals surface area contributed by atoms with Crippen LogP contribution in [-0.2, 0) is 23.8 Å². The Labute approximate surface area is 205 Å². The molecule has 0 saturated heterocycles.